The van der Waals surface area contributed by atoms with Crippen LogP contribution in [-0.2, 0) is 11.3 Å². The van der Waals surface area contributed by atoms with E-state index in [1.807, 2.05) is 6.07 Å². The Morgan fingerprint density at radius 3 is 2.33 bits per heavy atom. The van der Waals surface area contributed by atoms with E-state index in [0.717, 1.165) is 31.7 Å². The smallest absolute Gasteiger partial charge is 0.238 e. The first-order valence-electron chi connectivity index (χ1n) is 8.54. The number of amides is 1. The standard InChI is InChI=1S/C19H19Cl3FN3O/c20-15-9-17(22)18(10-16(15)21)24-19(27)12-26-6-4-25(5-7-26)11-13-2-1-3-14(23)8-13/h1-3,8-10H,4-7,11-12H2,(H,24,27). The first-order chi connectivity index (χ1) is 12.9. The maximum atomic E-state index is 13.3. The van der Waals surface area contributed by atoms with E-state index in [1.54, 1.807) is 18.2 Å². The topological polar surface area (TPSA) is 35.6 Å². The highest BCUT2D eigenvalue weighted by Gasteiger charge is 2.20. The molecule has 27 heavy (non-hydrogen) atoms. The van der Waals surface area contributed by atoms with E-state index < -0.39 is 0 Å². The van der Waals surface area contributed by atoms with E-state index in [1.165, 1.54) is 12.1 Å². The quantitative estimate of drug-likeness (QED) is 0.707. The lowest BCUT2D eigenvalue weighted by Crippen LogP contribution is -2.48. The predicted molar refractivity (Wildman–Crippen MR) is 108 cm³/mol. The summed E-state index contributed by atoms with van der Waals surface area (Å²) in [6, 6.07) is 9.69. The maximum Gasteiger partial charge on any atom is 0.238 e. The highest BCUT2D eigenvalue weighted by atomic mass is 35.5. The van der Waals surface area contributed by atoms with E-state index in [2.05, 4.69) is 15.1 Å². The lowest BCUT2D eigenvalue weighted by molar-refractivity contribution is -0.117. The van der Waals surface area contributed by atoms with Crippen LogP contribution in [0.3, 0.4) is 0 Å². The van der Waals surface area contributed by atoms with Gasteiger partial charge in [0.05, 0.1) is 27.3 Å². The van der Waals surface area contributed by atoms with Crippen LogP contribution in [0.25, 0.3) is 0 Å². The Morgan fingerprint density at radius 1 is 0.963 bits per heavy atom. The van der Waals surface area contributed by atoms with Gasteiger partial charge >= 0.3 is 0 Å². The normalized spacial score (nSPS) is 15.7. The minimum atomic E-state index is -0.219. The Balaban J connectivity index is 1.47. The molecule has 1 aliphatic heterocycles. The average molecular weight is 431 g/mol. The zero-order valence-corrected chi connectivity index (χ0v) is 16.8. The van der Waals surface area contributed by atoms with E-state index >= 15 is 0 Å². The summed E-state index contributed by atoms with van der Waals surface area (Å²) >= 11 is 18.0. The number of benzene rings is 2. The molecule has 1 N–H and O–H groups in total. The van der Waals surface area contributed by atoms with Crippen LogP contribution in [0.1, 0.15) is 5.56 Å². The van der Waals surface area contributed by atoms with Gasteiger partial charge in [-0.1, -0.05) is 46.9 Å². The summed E-state index contributed by atoms with van der Waals surface area (Å²) < 4.78 is 13.3. The number of hydrogen-bond donors (Lipinski definition) is 1. The molecule has 0 bridgehead atoms. The van der Waals surface area contributed by atoms with Crippen LogP contribution in [0.5, 0.6) is 0 Å². The third kappa shape index (κ3) is 5.80. The second-order valence-corrected chi connectivity index (χ2v) is 7.70. The van der Waals surface area contributed by atoms with Crippen molar-refractivity contribution in [2.45, 2.75) is 6.54 Å². The van der Waals surface area contributed by atoms with Gasteiger partial charge in [0.1, 0.15) is 5.82 Å². The molecular formula is C19H19Cl3FN3O. The highest BCUT2D eigenvalue weighted by Crippen LogP contribution is 2.32. The number of nitrogens with one attached hydrogen (secondary N) is 1. The van der Waals surface area contributed by atoms with Gasteiger partial charge in [0, 0.05) is 32.7 Å². The molecule has 0 unspecified atom stereocenters. The van der Waals surface area contributed by atoms with Crippen LogP contribution in [0.2, 0.25) is 15.1 Å². The molecule has 4 nitrogen and oxygen atoms in total. The first-order valence-corrected chi connectivity index (χ1v) is 9.67. The van der Waals surface area contributed by atoms with Gasteiger partial charge in [-0.2, -0.15) is 0 Å². The average Bonchev–Trinajstić information content (AvgIpc) is 2.61. The molecule has 2 aromatic carbocycles. The van der Waals surface area contributed by atoms with Crippen molar-refractivity contribution in [1.29, 1.82) is 0 Å². The number of halogens is 4. The van der Waals surface area contributed by atoms with Crippen LogP contribution in [0.4, 0.5) is 10.1 Å². The zero-order valence-electron chi connectivity index (χ0n) is 14.5. The fourth-order valence-electron chi connectivity index (χ4n) is 3.01. The second-order valence-electron chi connectivity index (χ2n) is 6.48. The van der Waals surface area contributed by atoms with Crippen molar-refractivity contribution >= 4 is 46.4 Å². The molecule has 0 saturated carbocycles. The molecular weight excluding hydrogens is 412 g/mol. The Labute approximate surface area is 172 Å². The van der Waals surface area contributed by atoms with Crippen molar-refractivity contribution in [3.8, 4) is 0 Å². The molecule has 0 atom stereocenters. The lowest BCUT2D eigenvalue weighted by Gasteiger charge is -2.34. The zero-order chi connectivity index (χ0) is 19.4. The largest absolute Gasteiger partial charge is 0.324 e. The molecule has 0 spiro atoms. The van der Waals surface area contributed by atoms with Gasteiger partial charge in [0.2, 0.25) is 5.91 Å². The van der Waals surface area contributed by atoms with E-state index in [0.29, 0.717) is 27.3 Å². The molecule has 1 amide bonds. The summed E-state index contributed by atoms with van der Waals surface area (Å²) in [6.45, 7) is 4.13. The molecule has 8 heteroatoms. The van der Waals surface area contributed by atoms with Gasteiger partial charge in [-0.15, -0.1) is 0 Å². The van der Waals surface area contributed by atoms with Gasteiger partial charge in [-0.3, -0.25) is 14.6 Å². The molecule has 1 heterocycles. The number of rotatable bonds is 5. The monoisotopic (exact) mass is 429 g/mol. The Morgan fingerprint density at radius 2 is 1.63 bits per heavy atom. The third-order valence-corrected chi connectivity index (χ3v) is 5.45. The minimum Gasteiger partial charge on any atom is -0.324 e. The number of anilines is 1. The van der Waals surface area contributed by atoms with Crippen molar-refractivity contribution in [1.82, 2.24) is 9.80 Å². The second kappa shape index (κ2) is 9.22. The van der Waals surface area contributed by atoms with Gasteiger partial charge in [0.25, 0.3) is 0 Å². The van der Waals surface area contributed by atoms with Crippen LogP contribution in [0, 0.1) is 5.82 Å². The van der Waals surface area contributed by atoms with Crippen molar-refractivity contribution in [2.75, 3.05) is 38.0 Å². The summed E-state index contributed by atoms with van der Waals surface area (Å²) in [5, 5.41) is 3.79. The molecule has 1 aliphatic rings. The summed E-state index contributed by atoms with van der Waals surface area (Å²) in [5.41, 5.74) is 1.40. The van der Waals surface area contributed by atoms with Crippen molar-refractivity contribution < 1.29 is 9.18 Å². The molecule has 1 fully saturated rings. The summed E-state index contributed by atoms with van der Waals surface area (Å²) in [4.78, 5) is 16.6. The summed E-state index contributed by atoms with van der Waals surface area (Å²) in [5.74, 6) is -0.377. The Kier molecular flexibility index (Phi) is 6.95. The molecule has 144 valence electrons. The molecule has 0 aromatic heterocycles. The SMILES string of the molecule is O=C(CN1CCN(Cc2cccc(F)c2)CC1)Nc1cc(Cl)c(Cl)cc1Cl. The third-order valence-electron chi connectivity index (χ3n) is 4.41. The molecule has 2 aromatic rings. The van der Waals surface area contributed by atoms with Crippen molar-refractivity contribution in [2.24, 2.45) is 0 Å². The Bertz CT molecular complexity index is 826. The van der Waals surface area contributed by atoms with Crippen LogP contribution < -0.4 is 5.32 Å². The first kappa shape index (κ1) is 20.4. The fourth-order valence-corrected chi connectivity index (χ4v) is 3.60. The van der Waals surface area contributed by atoms with Gasteiger partial charge in [0.15, 0.2) is 0 Å². The summed E-state index contributed by atoms with van der Waals surface area (Å²) in [6.07, 6.45) is 0. The van der Waals surface area contributed by atoms with Gasteiger partial charge in [-0.25, -0.2) is 4.39 Å². The number of carbonyl (C=O) groups is 1. The van der Waals surface area contributed by atoms with Crippen LogP contribution in [-0.4, -0.2) is 48.4 Å². The number of carbonyl (C=O) groups excluding carboxylic acids is 1. The van der Waals surface area contributed by atoms with Gasteiger partial charge < -0.3 is 5.32 Å². The van der Waals surface area contributed by atoms with Crippen molar-refractivity contribution in [3.05, 3.63) is 62.8 Å². The molecule has 0 aliphatic carbocycles. The molecule has 3 rings (SSSR count). The van der Waals surface area contributed by atoms with E-state index in [4.69, 9.17) is 34.8 Å². The molecule has 0 radical (unpaired) electrons. The van der Waals surface area contributed by atoms with E-state index in [-0.39, 0.29) is 18.3 Å². The van der Waals surface area contributed by atoms with Crippen LogP contribution >= 0.6 is 34.8 Å². The van der Waals surface area contributed by atoms with Crippen LogP contribution in [0.15, 0.2) is 36.4 Å². The lowest BCUT2D eigenvalue weighted by atomic mass is 10.2. The predicted octanol–water partition coefficient (Wildman–Crippen LogP) is 4.54. The fraction of sp³-hybridized carbons (Fsp3) is 0.316. The van der Waals surface area contributed by atoms with Gasteiger partial charge in [-0.05, 0) is 29.8 Å². The van der Waals surface area contributed by atoms with E-state index in [9.17, 15) is 9.18 Å². The number of hydrogen-bond acceptors (Lipinski definition) is 3. The van der Waals surface area contributed by atoms with Crippen molar-refractivity contribution in [3.63, 3.8) is 0 Å². The maximum absolute atomic E-state index is 13.3. The highest BCUT2D eigenvalue weighted by molar-refractivity contribution is 6.44. The Hall–Kier alpha value is -1.37. The number of nitrogens with zero attached hydrogens (tertiary/aromatic N) is 2. The molecule has 1 saturated heterocycles. The number of piperazine rings is 1. The minimum absolute atomic E-state index is 0.158. The summed E-state index contributed by atoms with van der Waals surface area (Å²) in [7, 11) is 0.